The van der Waals surface area contributed by atoms with E-state index in [2.05, 4.69) is 17.6 Å². The molecule has 1 aromatic carbocycles. The second-order valence-corrected chi connectivity index (χ2v) is 9.80. The minimum atomic E-state index is -0.819. The van der Waals surface area contributed by atoms with Gasteiger partial charge >= 0.3 is 6.09 Å². The molecule has 3 amide bonds. The second-order valence-electron chi connectivity index (χ2n) is 9.80. The van der Waals surface area contributed by atoms with E-state index in [-0.39, 0.29) is 17.7 Å². The van der Waals surface area contributed by atoms with Gasteiger partial charge in [-0.2, -0.15) is 0 Å². The Bertz CT molecular complexity index is 769. The first-order valence-electron chi connectivity index (χ1n) is 12.1. The number of ether oxygens (including phenoxy) is 1. The van der Waals surface area contributed by atoms with Crippen LogP contribution in [0.2, 0.25) is 0 Å². The van der Waals surface area contributed by atoms with Gasteiger partial charge in [0.15, 0.2) is 0 Å². The number of benzene rings is 1. The number of alkyl carbamates (subject to hydrolysis) is 1. The molecule has 0 aliphatic heterocycles. The number of likely N-dealkylation sites (N-methyl/N-ethyl adjacent to an activating group) is 1. The SMILES string of the molecule is CCCCCNC(=O)C(c1ccc(C)cc1)N(CC)C(=O)C(NC(=O)OC(C)(C)C)C(C)C. The van der Waals surface area contributed by atoms with E-state index in [9.17, 15) is 14.4 Å². The van der Waals surface area contributed by atoms with Crippen molar-refractivity contribution in [1.29, 1.82) is 0 Å². The Morgan fingerprint density at radius 2 is 1.64 bits per heavy atom. The fraction of sp³-hybridized carbons (Fsp3) is 0.654. The highest BCUT2D eigenvalue weighted by molar-refractivity contribution is 5.92. The zero-order valence-corrected chi connectivity index (χ0v) is 21.7. The summed E-state index contributed by atoms with van der Waals surface area (Å²) in [6.45, 7) is 15.8. The Kier molecular flexibility index (Phi) is 11.4. The predicted molar refractivity (Wildman–Crippen MR) is 132 cm³/mol. The number of hydrogen-bond acceptors (Lipinski definition) is 4. The number of aryl methyl sites for hydroxylation is 1. The van der Waals surface area contributed by atoms with Crippen LogP contribution in [0.15, 0.2) is 24.3 Å². The molecule has 2 unspecified atom stereocenters. The fourth-order valence-electron chi connectivity index (χ4n) is 3.50. The molecule has 7 nitrogen and oxygen atoms in total. The Morgan fingerprint density at radius 3 is 2.12 bits per heavy atom. The normalized spacial score (nSPS) is 13.2. The molecule has 0 spiro atoms. The molecule has 186 valence electrons. The van der Waals surface area contributed by atoms with Crippen LogP contribution in [0, 0.1) is 12.8 Å². The third-order valence-corrected chi connectivity index (χ3v) is 5.26. The largest absolute Gasteiger partial charge is 0.444 e. The van der Waals surface area contributed by atoms with Gasteiger partial charge in [0, 0.05) is 13.1 Å². The summed E-state index contributed by atoms with van der Waals surface area (Å²) >= 11 is 0. The quantitative estimate of drug-likeness (QED) is 0.466. The van der Waals surface area contributed by atoms with Crippen molar-refractivity contribution in [2.45, 2.75) is 92.3 Å². The maximum absolute atomic E-state index is 13.7. The van der Waals surface area contributed by atoms with Gasteiger partial charge in [-0.1, -0.05) is 63.4 Å². The summed E-state index contributed by atoms with van der Waals surface area (Å²) in [5.41, 5.74) is 1.13. The molecular weight excluding hydrogens is 418 g/mol. The summed E-state index contributed by atoms with van der Waals surface area (Å²) in [7, 11) is 0. The smallest absolute Gasteiger partial charge is 0.408 e. The van der Waals surface area contributed by atoms with Crippen LogP contribution < -0.4 is 10.6 Å². The standard InChI is InChI=1S/C26H43N3O4/c1-9-11-12-17-27-23(30)22(20-15-13-19(5)14-16-20)29(10-2)24(31)21(18(3)4)28-25(32)33-26(6,7)8/h13-16,18,21-22H,9-12,17H2,1-8H3,(H,27,30)(H,28,32). The van der Waals surface area contributed by atoms with Gasteiger partial charge in [-0.3, -0.25) is 9.59 Å². The molecule has 1 rings (SSSR count). The molecule has 2 N–H and O–H groups in total. The Morgan fingerprint density at radius 1 is 1.03 bits per heavy atom. The minimum Gasteiger partial charge on any atom is -0.444 e. The van der Waals surface area contributed by atoms with Gasteiger partial charge in [0.2, 0.25) is 11.8 Å². The first-order valence-corrected chi connectivity index (χ1v) is 12.1. The zero-order valence-electron chi connectivity index (χ0n) is 21.7. The van der Waals surface area contributed by atoms with Crippen molar-refractivity contribution in [3.63, 3.8) is 0 Å². The predicted octanol–water partition coefficient (Wildman–Crippen LogP) is 4.74. The van der Waals surface area contributed by atoms with Crippen LogP contribution in [-0.4, -0.2) is 47.5 Å². The first kappa shape index (κ1) is 28.5. The highest BCUT2D eigenvalue weighted by Crippen LogP contribution is 2.24. The van der Waals surface area contributed by atoms with E-state index < -0.39 is 23.8 Å². The van der Waals surface area contributed by atoms with Crippen LogP contribution in [0.4, 0.5) is 4.79 Å². The van der Waals surface area contributed by atoms with Crippen molar-refractivity contribution in [3.05, 3.63) is 35.4 Å². The lowest BCUT2D eigenvalue weighted by molar-refractivity contribution is -0.143. The van der Waals surface area contributed by atoms with Gasteiger partial charge in [-0.25, -0.2) is 4.79 Å². The number of nitrogens with one attached hydrogen (secondary N) is 2. The lowest BCUT2D eigenvalue weighted by atomic mass is 9.98. The number of rotatable bonds is 11. The molecule has 0 aromatic heterocycles. The highest BCUT2D eigenvalue weighted by Gasteiger charge is 2.36. The topological polar surface area (TPSA) is 87.7 Å². The molecule has 0 saturated heterocycles. The average Bonchev–Trinajstić information content (AvgIpc) is 2.72. The van der Waals surface area contributed by atoms with Gasteiger partial charge in [-0.15, -0.1) is 0 Å². The van der Waals surface area contributed by atoms with E-state index in [4.69, 9.17) is 4.74 Å². The zero-order chi connectivity index (χ0) is 25.2. The number of carbonyl (C=O) groups excluding carboxylic acids is 3. The van der Waals surface area contributed by atoms with Gasteiger partial charge in [0.05, 0.1) is 0 Å². The Balaban J connectivity index is 3.22. The van der Waals surface area contributed by atoms with Crippen LogP contribution >= 0.6 is 0 Å². The summed E-state index contributed by atoms with van der Waals surface area (Å²) in [6, 6.07) is 6.03. The highest BCUT2D eigenvalue weighted by atomic mass is 16.6. The van der Waals surface area contributed by atoms with Crippen LogP contribution in [0.3, 0.4) is 0 Å². The van der Waals surface area contributed by atoms with E-state index in [1.165, 1.54) is 0 Å². The molecule has 2 atom stereocenters. The molecule has 7 heteroatoms. The van der Waals surface area contributed by atoms with Crippen molar-refractivity contribution in [2.75, 3.05) is 13.1 Å². The Hall–Kier alpha value is -2.57. The molecule has 0 radical (unpaired) electrons. The molecule has 0 bridgehead atoms. The number of hydrogen-bond donors (Lipinski definition) is 2. The van der Waals surface area contributed by atoms with Crippen LogP contribution in [0.25, 0.3) is 0 Å². The van der Waals surface area contributed by atoms with E-state index in [1.807, 2.05) is 52.0 Å². The summed E-state index contributed by atoms with van der Waals surface area (Å²) in [6.07, 6.45) is 2.32. The van der Waals surface area contributed by atoms with E-state index in [1.54, 1.807) is 25.7 Å². The van der Waals surface area contributed by atoms with Crippen molar-refractivity contribution < 1.29 is 19.1 Å². The number of carbonyl (C=O) groups is 3. The third kappa shape index (κ3) is 9.44. The second kappa shape index (κ2) is 13.2. The molecule has 0 aliphatic rings. The van der Waals surface area contributed by atoms with Gasteiger partial charge in [-0.05, 0) is 52.5 Å². The summed E-state index contributed by atoms with van der Waals surface area (Å²) < 4.78 is 5.36. The molecule has 0 aliphatic carbocycles. The van der Waals surface area contributed by atoms with E-state index in [0.717, 1.165) is 30.4 Å². The first-order chi connectivity index (χ1) is 15.4. The van der Waals surface area contributed by atoms with Gasteiger partial charge < -0.3 is 20.3 Å². The molecule has 0 fully saturated rings. The summed E-state index contributed by atoms with van der Waals surface area (Å²) in [5, 5.41) is 5.71. The van der Waals surface area contributed by atoms with Crippen molar-refractivity contribution >= 4 is 17.9 Å². The van der Waals surface area contributed by atoms with Crippen molar-refractivity contribution in [3.8, 4) is 0 Å². The summed E-state index contributed by atoms with van der Waals surface area (Å²) in [5.74, 6) is -0.720. The molecule has 1 aromatic rings. The van der Waals surface area contributed by atoms with Crippen LogP contribution in [0.5, 0.6) is 0 Å². The molecule has 0 heterocycles. The third-order valence-electron chi connectivity index (χ3n) is 5.26. The van der Waals surface area contributed by atoms with E-state index >= 15 is 0 Å². The molecular formula is C26H43N3O4. The number of amides is 3. The van der Waals surface area contributed by atoms with Crippen molar-refractivity contribution in [2.24, 2.45) is 5.92 Å². The van der Waals surface area contributed by atoms with Crippen LogP contribution in [-0.2, 0) is 14.3 Å². The molecule has 33 heavy (non-hydrogen) atoms. The average molecular weight is 462 g/mol. The minimum absolute atomic E-state index is 0.189. The van der Waals surface area contributed by atoms with Gasteiger partial charge in [0.1, 0.15) is 17.7 Å². The maximum Gasteiger partial charge on any atom is 0.408 e. The fourth-order valence-corrected chi connectivity index (χ4v) is 3.50. The lowest BCUT2D eigenvalue weighted by Crippen LogP contribution is -2.54. The van der Waals surface area contributed by atoms with Crippen molar-refractivity contribution in [1.82, 2.24) is 15.5 Å². The molecule has 0 saturated carbocycles. The van der Waals surface area contributed by atoms with Gasteiger partial charge in [0.25, 0.3) is 0 Å². The van der Waals surface area contributed by atoms with Crippen LogP contribution in [0.1, 0.15) is 84.9 Å². The Labute approximate surface area is 199 Å². The number of unbranched alkanes of at least 4 members (excludes halogenated alkanes) is 2. The summed E-state index contributed by atoms with van der Waals surface area (Å²) in [4.78, 5) is 40.9. The monoisotopic (exact) mass is 461 g/mol. The number of nitrogens with zero attached hydrogens (tertiary/aromatic N) is 1. The lowest BCUT2D eigenvalue weighted by Gasteiger charge is -2.35. The maximum atomic E-state index is 13.7. The van der Waals surface area contributed by atoms with E-state index in [0.29, 0.717) is 13.1 Å².